The van der Waals surface area contributed by atoms with Gasteiger partial charge in [0.15, 0.2) is 0 Å². The highest BCUT2D eigenvalue weighted by atomic mass is 79.9. The lowest BCUT2D eigenvalue weighted by Crippen LogP contribution is -2.28. The summed E-state index contributed by atoms with van der Waals surface area (Å²) in [6.45, 7) is 2.31. The molecule has 0 amide bonds. The molecule has 0 saturated carbocycles. The van der Waals surface area contributed by atoms with E-state index in [0.717, 1.165) is 35.5 Å². The molecule has 3 heteroatoms. The van der Waals surface area contributed by atoms with Gasteiger partial charge in [-0.05, 0) is 71.9 Å². The van der Waals surface area contributed by atoms with E-state index in [1.807, 2.05) is 6.07 Å². The second kappa shape index (κ2) is 5.37. The average Bonchev–Trinajstić information content (AvgIpc) is 2.41. The van der Waals surface area contributed by atoms with Crippen LogP contribution in [0.5, 0.6) is 0 Å². The number of nitrogens with zero attached hydrogens (tertiary/aromatic N) is 1. The molecule has 1 N–H and O–H groups in total. The highest BCUT2D eigenvalue weighted by molar-refractivity contribution is 9.10. The van der Waals surface area contributed by atoms with E-state index in [2.05, 4.69) is 50.5 Å². The maximum absolute atomic E-state index is 4.64. The van der Waals surface area contributed by atoms with Gasteiger partial charge in [0.1, 0.15) is 4.60 Å². The van der Waals surface area contributed by atoms with Gasteiger partial charge in [-0.25, -0.2) is 4.98 Å². The average molecular weight is 305 g/mol. The van der Waals surface area contributed by atoms with Crippen molar-refractivity contribution in [2.45, 2.75) is 19.3 Å². The fourth-order valence-corrected chi connectivity index (χ4v) is 3.14. The van der Waals surface area contributed by atoms with Gasteiger partial charge in [-0.1, -0.05) is 18.2 Å². The number of rotatable bonds is 2. The van der Waals surface area contributed by atoms with Crippen LogP contribution < -0.4 is 5.32 Å². The number of halogens is 1. The summed E-state index contributed by atoms with van der Waals surface area (Å²) in [6.07, 6.45) is 3.69. The van der Waals surface area contributed by atoms with Crippen molar-refractivity contribution < 1.29 is 0 Å². The van der Waals surface area contributed by atoms with Crippen LogP contribution in [-0.2, 0) is 6.42 Å². The van der Waals surface area contributed by atoms with Gasteiger partial charge in [0.2, 0.25) is 0 Å². The topological polar surface area (TPSA) is 24.9 Å². The van der Waals surface area contributed by atoms with Gasteiger partial charge in [-0.3, -0.25) is 0 Å². The van der Waals surface area contributed by atoms with Gasteiger partial charge in [0.05, 0.1) is 5.52 Å². The summed E-state index contributed by atoms with van der Waals surface area (Å²) in [4.78, 5) is 4.64. The van der Waals surface area contributed by atoms with E-state index in [-0.39, 0.29) is 0 Å². The minimum absolute atomic E-state index is 0.797. The van der Waals surface area contributed by atoms with Crippen LogP contribution in [0, 0.1) is 5.92 Å². The third-order valence-corrected chi connectivity index (χ3v) is 4.40. The smallest absolute Gasteiger partial charge is 0.110 e. The Balaban J connectivity index is 1.88. The van der Waals surface area contributed by atoms with Crippen LogP contribution in [-0.4, -0.2) is 18.1 Å². The Morgan fingerprint density at radius 3 is 2.83 bits per heavy atom. The van der Waals surface area contributed by atoms with Crippen molar-refractivity contribution in [2.24, 2.45) is 5.92 Å². The van der Waals surface area contributed by atoms with Gasteiger partial charge in [0, 0.05) is 5.39 Å². The largest absolute Gasteiger partial charge is 0.317 e. The van der Waals surface area contributed by atoms with Gasteiger partial charge >= 0.3 is 0 Å². The number of hydrogen-bond acceptors (Lipinski definition) is 2. The molecule has 0 unspecified atom stereocenters. The van der Waals surface area contributed by atoms with Gasteiger partial charge in [-0.2, -0.15) is 0 Å². The van der Waals surface area contributed by atoms with Crippen LogP contribution in [0.25, 0.3) is 10.9 Å². The molecule has 1 aromatic heterocycles. The van der Waals surface area contributed by atoms with E-state index in [4.69, 9.17) is 0 Å². The first-order valence-electron chi connectivity index (χ1n) is 6.58. The molecule has 2 nitrogen and oxygen atoms in total. The van der Waals surface area contributed by atoms with Crippen LogP contribution in [0.1, 0.15) is 18.4 Å². The second-order valence-electron chi connectivity index (χ2n) is 5.03. The highest BCUT2D eigenvalue weighted by Crippen LogP contribution is 2.26. The summed E-state index contributed by atoms with van der Waals surface area (Å²) >= 11 is 3.62. The quantitative estimate of drug-likeness (QED) is 0.859. The Bertz CT molecular complexity index is 547. The number of pyridine rings is 1. The minimum atomic E-state index is 0.797. The van der Waals surface area contributed by atoms with Crippen molar-refractivity contribution in [3.05, 3.63) is 40.5 Å². The fraction of sp³-hybridized carbons (Fsp3) is 0.400. The normalized spacial score (nSPS) is 17.2. The van der Waals surface area contributed by atoms with Crippen molar-refractivity contribution in [1.82, 2.24) is 10.3 Å². The number of benzene rings is 1. The number of hydrogen-bond donors (Lipinski definition) is 1. The van der Waals surface area contributed by atoms with Crippen LogP contribution in [0.3, 0.4) is 0 Å². The van der Waals surface area contributed by atoms with E-state index in [0.29, 0.717) is 0 Å². The van der Waals surface area contributed by atoms with E-state index in [1.165, 1.54) is 23.8 Å². The lowest BCUT2D eigenvalue weighted by Gasteiger charge is -2.23. The molecule has 94 valence electrons. The molecule has 18 heavy (non-hydrogen) atoms. The highest BCUT2D eigenvalue weighted by Gasteiger charge is 2.15. The Morgan fingerprint density at radius 2 is 2.00 bits per heavy atom. The molecule has 0 radical (unpaired) electrons. The number of piperidine rings is 1. The second-order valence-corrected chi connectivity index (χ2v) is 5.78. The number of aromatic nitrogens is 1. The predicted molar refractivity (Wildman–Crippen MR) is 78.7 cm³/mol. The summed E-state index contributed by atoms with van der Waals surface area (Å²) in [5.41, 5.74) is 2.42. The number of fused-ring (bicyclic) bond motifs is 1. The summed E-state index contributed by atoms with van der Waals surface area (Å²) in [7, 11) is 0. The molecular formula is C15H17BrN2. The Hall–Kier alpha value is -0.930. The molecule has 1 fully saturated rings. The van der Waals surface area contributed by atoms with Crippen molar-refractivity contribution in [2.75, 3.05) is 13.1 Å². The molecule has 0 atom stereocenters. The maximum atomic E-state index is 4.64. The third kappa shape index (κ3) is 2.57. The standard InChI is InChI=1S/C15H17BrN2/c16-15-13(9-11-5-7-17-8-6-11)10-12-3-1-2-4-14(12)18-15/h1-4,10-11,17H,5-9H2. The SMILES string of the molecule is Brc1nc2ccccc2cc1CC1CCNCC1. The van der Waals surface area contributed by atoms with Crippen molar-refractivity contribution in [3.8, 4) is 0 Å². The van der Waals surface area contributed by atoms with Crippen molar-refractivity contribution >= 4 is 26.8 Å². The summed E-state index contributed by atoms with van der Waals surface area (Å²) in [5, 5.41) is 4.66. The lowest BCUT2D eigenvalue weighted by atomic mass is 9.91. The molecule has 0 aliphatic carbocycles. The molecule has 1 aromatic carbocycles. The van der Waals surface area contributed by atoms with Crippen LogP contribution >= 0.6 is 15.9 Å². The molecule has 3 rings (SSSR count). The molecule has 1 aliphatic heterocycles. The summed E-state index contributed by atoms with van der Waals surface area (Å²) in [5.74, 6) is 0.797. The minimum Gasteiger partial charge on any atom is -0.317 e. The van der Waals surface area contributed by atoms with E-state index in [1.54, 1.807) is 0 Å². The monoisotopic (exact) mass is 304 g/mol. The first-order valence-corrected chi connectivity index (χ1v) is 7.37. The first kappa shape index (κ1) is 12.1. The van der Waals surface area contributed by atoms with E-state index < -0.39 is 0 Å². The molecule has 1 aliphatic rings. The fourth-order valence-electron chi connectivity index (χ4n) is 2.68. The van der Waals surface area contributed by atoms with Crippen LogP contribution in [0.4, 0.5) is 0 Å². The Morgan fingerprint density at radius 1 is 1.22 bits per heavy atom. The lowest BCUT2D eigenvalue weighted by molar-refractivity contribution is 0.372. The van der Waals surface area contributed by atoms with Crippen molar-refractivity contribution in [3.63, 3.8) is 0 Å². The summed E-state index contributed by atoms with van der Waals surface area (Å²) < 4.78 is 1.01. The van der Waals surface area contributed by atoms with Crippen molar-refractivity contribution in [1.29, 1.82) is 0 Å². The number of nitrogens with one attached hydrogen (secondary N) is 1. The van der Waals surface area contributed by atoms with Gasteiger partial charge in [0.25, 0.3) is 0 Å². The third-order valence-electron chi connectivity index (χ3n) is 3.72. The Labute approximate surface area is 116 Å². The number of para-hydroxylation sites is 1. The molecule has 0 bridgehead atoms. The predicted octanol–water partition coefficient (Wildman–Crippen LogP) is 3.54. The molecule has 1 saturated heterocycles. The summed E-state index contributed by atoms with van der Waals surface area (Å²) in [6, 6.07) is 10.6. The van der Waals surface area contributed by atoms with E-state index in [9.17, 15) is 0 Å². The molecule has 0 spiro atoms. The zero-order chi connectivity index (χ0) is 12.4. The Kier molecular flexibility index (Phi) is 3.62. The zero-order valence-corrected chi connectivity index (χ0v) is 11.9. The van der Waals surface area contributed by atoms with Crippen LogP contribution in [0.2, 0.25) is 0 Å². The molecule has 2 heterocycles. The molecular weight excluding hydrogens is 288 g/mol. The zero-order valence-electron chi connectivity index (χ0n) is 10.3. The maximum Gasteiger partial charge on any atom is 0.110 e. The first-order chi connectivity index (χ1) is 8.83. The van der Waals surface area contributed by atoms with Gasteiger partial charge < -0.3 is 5.32 Å². The molecule has 2 aromatic rings. The van der Waals surface area contributed by atoms with Gasteiger partial charge in [-0.15, -0.1) is 0 Å². The van der Waals surface area contributed by atoms with Crippen LogP contribution in [0.15, 0.2) is 34.9 Å². The van der Waals surface area contributed by atoms with E-state index >= 15 is 0 Å².